The number of nitrogens with one attached hydrogen (secondary N) is 3. The van der Waals surface area contributed by atoms with Crippen molar-refractivity contribution >= 4 is 41.5 Å². The third-order valence-corrected chi connectivity index (χ3v) is 4.16. The molecule has 154 valence electrons. The van der Waals surface area contributed by atoms with Crippen molar-refractivity contribution < 1.29 is 9.18 Å². The topological polar surface area (TPSA) is 68.8 Å². The second-order valence-electron chi connectivity index (χ2n) is 6.20. The van der Waals surface area contributed by atoms with E-state index in [-0.39, 0.29) is 48.3 Å². The van der Waals surface area contributed by atoms with Gasteiger partial charge in [-0.1, -0.05) is 13.8 Å². The van der Waals surface area contributed by atoms with E-state index in [0.717, 1.165) is 32.5 Å². The Hall–Kier alpha value is -1.42. The lowest BCUT2D eigenvalue weighted by Crippen LogP contribution is -2.45. The fourth-order valence-electron chi connectivity index (χ4n) is 2.56. The van der Waals surface area contributed by atoms with Crippen molar-refractivity contribution in [3.05, 3.63) is 30.1 Å². The van der Waals surface area contributed by atoms with Crippen LogP contribution in [0.1, 0.15) is 33.6 Å². The van der Waals surface area contributed by atoms with Crippen molar-refractivity contribution in [3.8, 4) is 0 Å². The molecular weight excluding hydrogens is 460 g/mol. The number of hydrogen-bond donors (Lipinski definition) is 3. The Morgan fingerprint density at radius 1 is 1.22 bits per heavy atom. The van der Waals surface area contributed by atoms with E-state index in [1.54, 1.807) is 7.05 Å². The van der Waals surface area contributed by atoms with Crippen LogP contribution in [0.4, 0.5) is 10.1 Å². The second kappa shape index (κ2) is 14.6. The van der Waals surface area contributed by atoms with Gasteiger partial charge in [0.15, 0.2) is 5.96 Å². The van der Waals surface area contributed by atoms with Gasteiger partial charge in [-0.3, -0.25) is 9.79 Å². The standard InChI is InChI=1S/C19H32FN5O.HI/c1-5-25(6-2)13-7-8-15(3)23-19(21-4)22-14-18(26)24-17-11-9-16(20)10-12-17;/h9-12,15H,5-8,13-14H2,1-4H3,(H,24,26)(H2,21,22,23);1H. The summed E-state index contributed by atoms with van der Waals surface area (Å²) in [5, 5.41) is 8.99. The molecule has 0 radical (unpaired) electrons. The van der Waals surface area contributed by atoms with E-state index in [9.17, 15) is 9.18 Å². The van der Waals surface area contributed by atoms with Crippen LogP contribution in [0, 0.1) is 5.82 Å². The summed E-state index contributed by atoms with van der Waals surface area (Å²) in [6.45, 7) is 9.78. The van der Waals surface area contributed by atoms with Gasteiger partial charge in [0, 0.05) is 18.8 Å². The van der Waals surface area contributed by atoms with E-state index in [2.05, 4.69) is 46.6 Å². The Bertz CT molecular complexity index is 564. The smallest absolute Gasteiger partial charge is 0.243 e. The molecule has 8 heteroatoms. The lowest BCUT2D eigenvalue weighted by Gasteiger charge is -2.21. The fraction of sp³-hybridized carbons (Fsp3) is 0.579. The maximum Gasteiger partial charge on any atom is 0.243 e. The van der Waals surface area contributed by atoms with Gasteiger partial charge in [-0.05, 0) is 63.7 Å². The number of benzene rings is 1. The van der Waals surface area contributed by atoms with E-state index in [0.29, 0.717) is 11.6 Å². The Labute approximate surface area is 179 Å². The Morgan fingerprint density at radius 3 is 2.41 bits per heavy atom. The molecule has 0 aliphatic carbocycles. The molecule has 1 aromatic carbocycles. The maximum absolute atomic E-state index is 12.9. The lowest BCUT2D eigenvalue weighted by molar-refractivity contribution is -0.115. The van der Waals surface area contributed by atoms with Gasteiger partial charge in [0.2, 0.25) is 5.91 Å². The van der Waals surface area contributed by atoms with Crippen molar-refractivity contribution in [1.29, 1.82) is 0 Å². The van der Waals surface area contributed by atoms with E-state index in [4.69, 9.17) is 0 Å². The minimum atomic E-state index is -0.333. The van der Waals surface area contributed by atoms with Crippen LogP contribution in [0.15, 0.2) is 29.3 Å². The number of halogens is 2. The number of hydrogen-bond acceptors (Lipinski definition) is 3. The summed E-state index contributed by atoms with van der Waals surface area (Å²) < 4.78 is 12.9. The van der Waals surface area contributed by atoms with Crippen molar-refractivity contribution in [1.82, 2.24) is 15.5 Å². The molecule has 0 aliphatic heterocycles. The highest BCUT2D eigenvalue weighted by atomic mass is 127. The zero-order valence-corrected chi connectivity index (χ0v) is 19.0. The first-order valence-corrected chi connectivity index (χ1v) is 9.23. The Kier molecular flexibility index (Phi) is 13.8. The third-order valence-electron chi connectivity index (χ3n) is 4.16. The van der Waals surface area contributed by atoms with Gasteiger partial charge in [0.05, 0.1) is 6.54 Å². The maximum atomic E-state index is 12.9. The van der Waals surface area contributed by atoms with Crippen molar-refractivity contribution in [2.75, 3.05) is 38.5 Å². The molecule has 0 heterocycles. The van der Waals surface area contributed by atoms with E-state index in [1.807, 2.05) is 0 Å². The van der Waals surface area contributed by atoms with Crippen molar-refractivity contribution in [2.24, 2.45) is 4.99 Å². The van der Waals surface area contributed by atoms with E-state index in [1.165, 1.54) is 24.3 Å². The first-order chi connectivity index (χ1) is 12.5. The molecule has 1 atom stereocenters. The number of carbonyl (C=O) groups is 1. The van der Waals surface area contributed by atoms with Gasteiger partial charge in [0.1, 0.15) is 5.82 Å². The van der Waals surface area contributed by atoms with Crippen LogP contribution >= 0.6 is 24.0 Å². The zero-order valence-electron chi connectivity index (χ0n) is 16.7. The molecular formula is C19H33FIN5O. The average molecular weight is 493 g/mol. The first-order valence-electron chi connectivity index (χ1n) is 9.23. The van der Waals surface area contributed by atoms with Crippen LogP contribution < -0.4 is 16.0 Å². The molecule has 0 saturated carbocycles. The van der Waals surface area contributed by atoms with Crippen LogP contribution in [0.5, 0.6) is 0 Å². The first kappa shape index (κ1) is 25.6. The van der Waals surface area contributed by atoms with Crippen LogP contribution in [0.2, 0.25) is 0 Å². The quantitative estimate of drug-likeness (QED) is 0.266. The summed E-state index contributed by atoms with van der Waals surface area (Å²) in [5.74, 6) is 0.0454. The third kappa shape index (κ3) is 11.1. The van der Waals surface area contributed by atoms with Gasteiger partial charge >= 0.3 is 0 Å². The number of nitrogens with zero attached hydrogens (tertiary/aromatic N) is 2. The lowest BCUT2D eigenvalue weighted by atomic mass is 10.2. The minimum absolute atomic E-state index is 0. The zero-order chi connectivity index (χ0) is 19.4. The van der Waals surface area contributed by atoms with Gasteiger partial charge in [-0.2, -0.15) is 0 Å². The second-order valence-corrected chi connectivity index (χ2v) is 6.20. The molecule has 0 aliphatic rings. The normalized spacial score (nSPS) is 12.3. The molecule has 1 unspecified atom stereocenters. The molecule has 1 aromatic rings. The van der Waals surface area contributed by atoms with E-state index < -0.39 is 0 Å². The minimum Gasteiger partial charge on any atom is -0.354 e. The molecule has 3 N–H and O–H groups in total. The highest BCUT2D eigenvalue weighted by Gasteiger charge is 2.08. The number of rotatable bonds is 10. The molecule has 0 fully saturated rings. The predicted molar refractivity (Wildman–Crippen MR) is 121 cm³/mol. The highest BCUT2D eigenvalue weighted by Crippen LogP contribution is 2.07. The van der Waals surface area contributed by atoms with Gasteiger partial charge in [-0.25, -0.2) is 4.39 Å². The molecule has 0 spiro atoms. The summed E-state index contributed by atoms with van der Waals surface area (Å²) in [4.78, 5) is 18.5. The van der Waals surface area contributed by atoms with Crippen LogP contribution in [-0.2, 0) is 4.79 Å². The van der Waals surface area contributed by atoms with Gasteiger partial charge in [-0.15, -0.1) is 24.0 Å². The number of carbonyl (C=O) groups excluding carboxylic acids is 1. The number of amides is 1. The Morgan fingerprint density at radius 2 is 1.85 bits per heavy atom. The summed E-state index contributed by atoms with van der Waals surface area (Å²) in [5.41, 5.74) is 0.561. The van der Waals surface area contributed by atoms with Crippen LogP contribution in [-0.4, -0.2) is 56.0 Å². The molecule has 1 rings (SSSR count). The largest absolute Gasteiger partial charge is 0.354 e. The molecule has 0 saturated heterocycles. The molecule has 27 heavy (non-hydrogen) atoms. The fourth-order valence-corrected chi connectivity index (χ4v) is 2.56. The molecule has 0 aromatic heterocycles. The highest BCUT2D eigenvalue weighted by molar-refractivity contribution is 14.0. The summed E-state index contributed by atoms with van der Waals surface area (Å²) in [6.07, 6.45) is 2.14. The van der Waals surface area contributed by atoms with Gasteiger partial charge in [0.25, 0.3) is 0 Å². The SMILES string of the molecule is CCN(CC)CCCC(C)NC(=NC)NCC(=O)Nc1ccc(F)cc1.I. The van der Waals surface area contributed by atoms with Crippen molar-refractivity contribution in [3.63, 3.8) is 0 Å². The van der Waals surface area contributed by atoms with Gasteiger partial charge < -0.3 is 20.9 Å². The van der Waals surface area contributed by atoms with Crippen LogP contribution in [0.3, 0.4) is 0 Å². The Balaban J connectivity index is 0.00000676. The average Bonchev–Trinajstić information content (AvgIpc) is 2.64. The molecule has 6 nitrogen and oxygen atoms in total. The number of aliphatic imine (C=N–C) groups is 1. The van der Waals surface area contributed by atoms with Crippen LogP contribution in [0.25, 0.3) is 0 Å². The monoisotopic (exact) mass is 493 g/mol. The van der Waals surface area contributed by atoms with E-state index >= 15 is 0 Å². The molecule has 1 amide bonds. The van der Waals surface area contributed by atoms with Crippen molar-refractivity contribution in [2.45, 2.75) is 39.7 Å². The summed E-state index contributed by atoms with van der Waals surface area (Å²) in [6, 6.07) is 5.93. The summed E-state index contributed by atoms with van der Waals surface area (Å²) >= 11 is 0. The number of anilines is 1. The predicted octanol–water partition coefficient (Wildman–Crippen LogP) is 3.06. The summed E-state index contributed by atoms with van der Waals surface area (Å²) in [7, 11) is 1.68. The molecule has 0 bridgehead atoms. The number of guanidine groups is 1.